The van der Waals surface area contributed by atoms with Crippen LogP contribution in [0.2, 0.25) is 0 Å². The second kappa shape index (κ2) is 8.49. The van der Waals surface area contributed by atoms with E-state index in [0.29, 0.717) is 24.8 Å². The van der Waals surface area contributed by atoms with E-state index >= 15 is 0 Å². The molecular weight excluding hydrogens is 374 g/mol. The SMILES string of the molecule is CC(C)CCN1CCN(C(=O)c2csc(-c3ccc4c(c3)OCCO4)n2)CC1. The summed E-state index contributed by atoms with van der Waals surface area (Å²) in [5.74, 6) is 2.25. The van der Waals surface area contributed by atoms with Crippen molar-refractivity contribution in [3.63, 3.8) is 0 Å². The molecule has 0 atom stereocenters. The van der Waals surface area contributed by atoms with Gasteiger partial charge in [-0.15, -0.1) is 11.3 Å². The van der Waals surface area contributed by atoms with Crippen molar-refractivity contribution in [2.75, 3.05) is 45.9 Å². The van der Waals surface area contributed by atoms with Crippen molar-refractivity contribution in [3.05, 3.63) is 29.3 Å². The molecule has 0 aliphatic carbocycles. The van der Waals surface area contributed by atoms with Crippen LogP contribution in [0.5, 0.6) is 11.5 Å². The van der Waals surface area contributed by atoms with Gasteiger partial charge < -0.3 is 14.4 Å². The van der Waals surface area contributed by atoms with E-state index in [1.807, 2.05) is 28.5 Å². The van der Waals surface area contributed by atoms with E-state index in [2.05, 4.69) is 23.7 Å². The van der Waals surface area contributed by atoms with Crippen LogP contribution in [0, 0.1) is 5.92 Å². The number of fused-ring (bicyclic) bond motifs is 1. The molecule has 1 aromatic heterocycles. The smallest absolute Gasteiger partial charge is 0.273 e. The summed E-state index contributed by atoms with van der Waals surface area (Å²) in [6.07, 6.45) is 1.21. The average Bonchev–Trinajstić information content (AvgIpc) is 3.22. The molecule has 0 saturated carbocycles. The minimum absolute atomic E-state index is 0.0311. The summed E-state index contributed by atoms with van der Waals surface area (Å²) in [5, 5.41) is 2.69. The predicted octanol–water partition coefficient (Wildman–Crippen LogP) is 3.39. The fourth-order valence-corrected chi connectivity index (χ4v) is 4.25. The normalized spacial score (nSPS) is 17.2. The van der Waals surface area contributed by atoms with Gasteiger partial charge in [0, 0.05) is 37.1 Å². The Balaban J connectivity index is 1.38. The second-order valence-electron chi connectivity index (χ2n) is 7.71. The predicted molar refractivity (Wildman–Crippen MR) is 110 cm³/mol. The number of hydrogen-bond donors (Lipinski definition) is 0. The molecule has 1 amide bonds. The number of carbonyl (C=O) groups is 1. The lowest BCUT2D eigenvalue weighted by molar-refractivity contribution is 0.0627. The molecular formula is C21H27N3O3S. The largest absolute Gasteiger partial charge is 0.486 e. The topological polar surface area (TPSA) is 54.9 Å². The van der Waals surface area contributed by atoms with E-state index in [1.165, 1.54) is 17.8 Å². The highest BCUT2D eigenvalue weighted by Gasteiger charge is 2.24. The Bertz CT molecular complexity index is 828. The van der Waals surface area contributed by atoms with Crippen LogP contribution in [0.25, 0.3) is 10.6 Å². The summed E-state index contributed by atoms with van der Waals surface area (Å²) in [7, 11) is 0. The molecule has 2 aliphatic rings. The number of amides is 1. The summed E-state index contributed by atoms with van der Waals surface area (Å²) < 4.78 is 11.2. The molecule has 28 heavy (non-hydrogen) atoms. The lowest BCUT2D eigenvalue weighted by Gasteiger charge is -2.34. The van der Waals surface area contributed by atoms with Crippen LogP contribution in [0.3, 0.4) is 0 Å². The molecule has 2 aliphatic heterocycles. The monoisotopic (exact) mass is 401 g/mol. The number of aromatic nitrogens is 1. The minimum Gasteiger partial charge on any atom is -0.486 e. The summed E-state index contributed by atoms with van der Waals surface area (Å²) in [4.78, 5) is 21.8. The van der Waals surface area contributed by atoms with Gasteiger partial charge in [0.1, 0.15) is 23.9 Å². The van der Waals surface area contributed by atoms with Gasteiger partial charge in [0.2, 0.25) is 0 Å². The van der Waals surface area contributed by atoms with Crippen LogP contribution in [0.4, 0.5) is 0 Å². The van der Waals surface area contributed by atoms with Crippen LogP contribution >= 0.6 is 11.3 Å². The number of carbonyl (C=O) groups excluding carboxylic acids is 1. The number of piperazine rings is 1. The van der Waals surface area contributed by atoms with E-state index in [0.717, 1.165) is 54.8 Å². The van der Waals surface area contributed by atoms with Gasteiger partial charge in [0.05, 0.1) is 0 Å². The summed E-state index contributed by atoms with van der Waals surface area (Å²) in [6, 6.07) is 5.81. The summed E-state index contributed by atoms with van der Waals surface area (Å²) in [6.45, 7) is 10.2. The van der Waals surface area contributed by atoms with Gasteiger partial charge in [-0.25, -0.2) is 4.98 Å². The first-order valence-electron chi connectivity index (χ1n) is 9.97. The molecule has 6 nitrogen and oxygen atoms in total. The molecule has 0 spiro atoms. The molecule has 7 heteroatoms. The molecule has 0 unspecified atom stereocenters. The second-order valence-corrected chi connectivity index (χ2v) is 8.57. The Morgan fingerprint density at radius 3 is 2.64 bits per heavy atom. The zero-order valence-corrected chi connectivity index (χ0v) is 17.3. The van der Waals surface area contributed by atoms with Gasteiger partial charge in [0.15, 0.2) is 11.5 Å². The Kier molecular flexibility index (Phi) is 5.82. The molecule has 1 fully saturated rings. The van der Waals surface area contributed by atoms with Crippen molar-refractivity contribution >= 4 is 17.2 Å². The number of hydrogen-bond acceptors (Lipinski definition) is 6. The van der Waals surface area contributed by atoms with Gasteiger partial charge in [-0.2, -0.15) is 0 Å². The molecule has 4 rings (SSSR count). The highest BCUT2D eigenvalue weighted by atomic mass is 32.1. The van der Waals surface area contributed by atoms with Crippen LogP contribution < -0.4 is 9.47 Å². The van der Waals surface area contributed by atoms with Gasteiger partial charge in [-0.3, -0.25) is 9.69 Å². The van der Waals surface area contributed by atoms with Gasteiger partial charge in [0.25, 0.3) is 5.91 Å². The number of thiazole rings is 1. The molecule has 1 saturated heterocycles. The number of nitrogens with zero attached hydrogens (tertiary/aromatic N) is 3. The Morgan fingerprint density at radius 2 is 1.89 bits per heavy atom. The fraction of sp³-hybridized carbons (Fsp3) is 0.524. The lowest BCUT2D eigenvalue weighted by Crippen LogP contribution is -2.49. The summed E-state index contributed by atoms with van der Waals surface area (Å²) in [5.41, 5.74) is 1.48. The summed E-state index contributed by atoms with van der Waals surface area (Å²) >= 11 is 1.49. The zero-order chi connectivity index (χ0) is 19.5. The van der Waals surface area contributed by atoms with Crippen molar-refractivity contribution in [2.24, 2.45) is 5.92 Å². The van der Waals surface area contributed by atoms with E-state index < -0.39 is 0 Å². The molecule has 150 valence electrons. The Morgan fingerprint density at radius 1 is 1.14 bits per heavy atom. The highest BCUT2D eigenvalue weighted by molar-refractivity contribution is 7.13. The van der Waals surface area contributed by atoms with E-state index in [-0.39, 0.29) is 5.91 Å². The quantitative estimate of drug-likeness (QED) is 0.769. The van der Waals surface area contributed by atoms with Gasteiger partial charge in [-0.1, -0.05) is 13.8 Å². The van der Waals surface area contributed by atoms with Crippen molar-refractivity contribution in [1.82, 2.24) is 14.8 Å². The lowest BCUT2D eigenvalue weighted by atomic mass is 10.1. The first-order chi connectivity index (χ1) is 13.6. The maximum atomic E-state index is 12.9. The molecule has 0 N–H and O–H groups in total. The number of ether oxygens (including phenoxy) is 2. The van der Waals surface area contributed by atoms with Crippen LogP contribution in [-0.2, 0) is 0 Å². The number of rotatable bonds is 5. The highest BCUT2D eigenvalue weighted by Crippen LogP contribution is 2.35. The van der Waals surface area contributed by atoms with Crippen LogP contribution in [-0.4, -0.2) is 66.6 Å². The maximum absolute atomic E-state index is 12.9. The zero-order valence-electron chi connectivity index (χ0n) is 16.5. The van der Waals surface area contributed by atoms with E-state index in [9.17, 15) is 4.79 Å². The third-order valence-corrected chi connectivity index (χ3v) is 6.09. The molecule has 0 bridgehead atoms. The van der Waals surface area contributed by atoms with E-state index in [4.69, 9.17) is 9.47 Å². The molecule has 1 aromatic carbocycles. The Hall–Kier alpha value is -2.12. The van der Waals surface area contributed by atoms with Crippen molar-refractivity contribution in [3.8, 4) is 22.1 Å². The van der Waals surface area contributed by atoms with Crippen LogP contribution in [0.15, 0.2) is 23.6 Å². The number of benzene rings is 1. The van der Waals surface area contributed by atoms with Crippen molar-refractivity contribution in [2.45, 2.75) is 20.3 Å². The van der Waals surface area contributed by atoms with Crippen molar-refractivity contribution < 1.29 is 14.3 Å². The maximum Gasteiger partial charge on any atom is 0.273 e. The standard InChI is InChI=1S/C21H27N3O3S/c1-15(2)5-6-23-7-9-24(10-8-23)21(25)17-14-28-20(22-17)16-3-4-18-19(13-16)27-12-11-26-18/h3-4,13-15H,5-12H2,1-2H3. The van der Waals surface area contributed by atoms with Gasteiger partial charge in [-0.05, 0) is 37.1 Å². The minimum atomic E-state index is 0.0311. The average molecular weight is 402 g/mol. The first kappa shape index (κ1) is 19.2. The Labute approximate surface area is 170 Å². The third-order valence-electron chi connectivity index (χ3n) is 5.19. The van der Waals surface area contributed by atoms with Crippen molar-refractivity contribution in [1.29, 1.82) is 0 Å². The molecule has 3 heterocycles. The molecule has 2 aromatic rings. The fourth-order valence-electron chi connectivity index (χ4n) is 3.46. The molecule has 0 radical (unpaired) electrons. The van der Waals surface area contributed by atoms with E-state index in [1.54, 1.807) is 0 Å². The first-order valence-corrected chi connectivity index (χ1v) is 10.9. The van der Waals surface area contributed by atoms with Gasteiger partial charge >= 0.3 is 0 Å². The third kappa shape index (κ3) is 4.31. The van der Waals surface area contributed by atoms with Crippen LogP contribution in [0.1, 0.15) is 30.8 Å².